The van der Waals surface area contributed by atoms with Crippen molar-refractivity contribution in [1.29, 1.82) is 0 Å². The monoisotopic (exact) mass is 232 g/mol. The van der Waals surface area contributed by atoms with Gasteiger partial charge in [-0.15, -0.1) is 0 Å². The highest BCUT2D eigenvalue weighted by Crippen LogP contribution is 2.30. The molecule has 2 aromatic rings. The van der Waals surface area contributed by atoms with Crippen LogP contribution in [0.5, 0.6) is 0 Å². The maximum absolute atomic E-state index is 5.47. The second-order valence-corrected chi connectivity index (χ2v) is 4.55. The average Bonchev–Trinajstić information content (AvgIpc) is 2.94. The van der Waals surface area contributed by atoms with Gasteiger partial charge >= 0.3 is 0 Å². The van der Waals surface area contributed by atoms with Gasteiger partial charge in [-0.05, 0) is 25.8 Å². The number of rotatable bonds is 3. The lowest BCUT2D eigenvalue weighted by Gasteiger charge is -2.22. The van der Waals surface area contributed by atoms with Gasteiger partial charge in [0.2, 0.25) is 0 Å². The third kappa shape index (κ3) is 2.13. The molecule has 0 saturated carbocycles. The van der Waals surface area contributed by atoms with Crippen molar-refractivity contribution in [3.8, 4) is 0 Å². The van der Waals surface area contributed by atoms with E-state index in [0.717, 1.165) is 36.6 Å². The van der Waals surface area contributed by atoms with Gasteiger partial charge in [-0.25, -0.2) is 0 Å². The number of hydrogen-bond acceptors (Lipinski definition) is 4. The van der Waals surface area contributed by atoms with Crippen LogP contribution >= 0.6 is 0 Å². The Morgan fingerprint density at radius 3 is 3.29 bits per heavy atom. The molecule has 1 atom stereocenters. The lowest BCUT2D eigenvalue weighted by Crippen LogP contribution is -2.24. The van der Waals surface area contributed by atoms with Gasteiger partial charge in [0.05, 0.1) is 12.0 Å². The second-order valence-electron chi connectivity index (χ2n) is 4.55. The zero-order chi connectivity index (χ0) is 11.7. The Kier molecular flexibility index (Phi) is 2.73. The van der Waals surface area contributed by atoms with Crippen molar-refractivity contribution in [3.63, 3.8) is 0 Å². The molecule has 1 unspecified atom stereocenters. The predicted molar refractivity (Wildman–Crippen MR) is 62.5 cm³/mol. The van der Waals surface area contributed by atoms with Crippen LogP contribution in [0.15, 0.2) is 27.3 Å². The summed E-state index contributed by atoms with van der Waals surface area (Å²) in [7, 11) is 0. The molecule has 0 aliphatic heterocycles. The summed E-state index contributed by atoms with van der Waals surface area (Å²) in [6.07, 6.45) is 5.17. The standard InChI is InChI=1S/C13H16N2O2/c1-9-7-10(15-17-9)8-14-12-3-2-4-13-11(12)5-6-16-13/h5-7,12,14H,2-4,8H2,1H3. The molecule has 1 aliphatic rings. The minimum absolute atomic E-state index is 0.384. The van der Waals surface area contributed by atoms with Gasteiger partial charge < -0.3 is 14.3 Å². The molecule has 0 amide bonds. The van der Waals surface area contributed by atoms with Crippen LogP contribution in [0.25, 0.3) is 0 Å². The predicted octanol–water partition coefficient (Wildman–Crippen LogP) is 2.74. The van der Waals surface area contributed by atoms with Crippen LogP contribution < -0.4 is 5.32 Å². The van der Waals surface area contributed by atoms with Crippen LogP contribution in [-0.2, 0) is 13.0 Å². The maximum Gasteiger partial charge on any atom is 0.133 e. The second kappa shape index (κ2) is 4.37. The van der Waals surface area contributed by atoms with Crippen molar-refractivity contribution in [2.24, 2.45) is 0 Å². The van der Waals surface area contributed by atoms with Gasteiger partial charge in [0.15, 0.2) is 0 Å². The van der Waals surface area contributed by atoms with E-state index in [1.165, 1.54) is 12.0 Å². The lowest BCUT2D eigenvalue weighted by molar-refractivity contribution is 0.377. The highest BCUT2D eigenvalue weighted by molar-refractivity contribution is 5.24. The van der Waals surface area contributed by atoms with E-state index in [9.17, 15) is 0 Å². The summed E-state index contributed by atoms with van der Waals surface area (Å²) in [6, 6.07) is 4.42. The Hall–Kier alpha value is -1.55. The molecule has 90 valence electrons. The van der Waals surface area contributed by atoms with E-state index in [1.807, 2.05) is 13.0 Å². The van der Waals surface area contributed by atoms with Crippen molar-refractivity contribution in [2.45, 2.75) is 38.8 Å². The minimum atomic E-state index is 0.384. The highest BCUT2D eigenvalue weighted by atomic mass is 16.5. The number of aryl methyl sites for hydroxylation is 2. The average molecular weight is 232 g/mol. The molecule has 3 rings (SSSR count). The highest BCUT2D eigenvalue weighted by Gasteiger charge is 2.22. The van der Waals surface area contributed by atoms with E-state index in [4.69, 9.17) is 8.94 Å². The number of furan rings is 1. The fourth-order valence-corrected chi connectivity index (χ4v) is 2.43. The normalized spacial score (nSPS) is 19.2. The molecule has 1 N–H and O–H groups in total. The van der Waals surface area contributed by atoms with Gasteiger partial charge in [-0.2, -0.15) is 0 Å². The molecular weight excluding hydrogens is 216 g/mol. The Morgan fingerprint density at radius 2 is 2.47 bits per heavy atom. The van der Waals surface area contributed by atoms with Gasteiger partial charge in [0, 0.05) is 30.6 Å². The molecule has 0 bridgehead atoms. The molecule has 17 heavy (non-hydrogen) atoms. The number of fused-ring (bicyclic) bond motifs is 1. The van der Waals surface area contributed by atoms with E-state index in [2.05, 4.69) is 16.5 Å². The molecule has 2 aromatic heterocycles. The first kappa shape index (κ1) is 10.6. The van der Waals surface area contributed by atoms with Crippen molar-refractivity contribution < 1.29 is 8.94 Å². The van der Waals surface area contributed by atoms with E-state index < -0.39 is 0 Å². The number of aromatic nitrogens is 1. The van der Waals surface area contributed by atoms with Crippen molar-refractivity contribution >= 4 is 0 Å². The third-order valence-electron chi connectivity index (χ3n) is 3.26. The fraction of sp³-hybridized carbons (Fsp3) is 0.462. The molecule has 4 nitrogen and oxygen atoms in total. The quantitative estimate of drug-likeness (QED) is 0.884. The van der Waals surface area contributed by atoms with E-state index >= 15 is 0 Å². The molecule has 0 aromatic carbocycles. The SMILES string of the molecule is Cc1cc(CNC2CCCc3occc32)no1. The summed E-state index contributed by atoms with van der Waals surface area (Å²) in [5, 5.41) is 7.49. The summed E-state index contributed by atoms with van der Waals surface area (Å²) in [5.41, 5.74) is 2.26. The van der Waals surface area contributed by atoms with Crippen LogP contribution in [0, 0.1) is 6.92 Å². The zero-order valence-electron chi connectivity index (χ0n) is 9.90. The van der Waals surface area contributed by atoms with E-state index in [-0.39, 0.29) is 0 Å². The smallest absolute Gasteiger partial charge is 0.133 e. The lowest BCUT2D eigenvalue weighted by atomic mass is 9.93. The number of hydrogen-bond donors (Lipinski definition) is 1. The zero-order valence-corrected chi connectivity index (χ0v) is 9.90. The van der Waals surface area contributed by atoms with E-state index in [1.54, 1.807) is 6.26 Å². The molecule has 1 aliphatic carbocycles. The first-order valence-corrected chi connectivity index (χ1v) is 6.05. The molecule has 0 spiro atoms. The van der Waals surface area contributed by atoms with Crippen LogP contribution in [0.4, 0.5) is 0 Å². The third-order valence-corrected chi connectivity index (χ3v) is 3.26. The maximum atomic E-state index is 5.47. The molecule has 0 fully saturated rings. The van der Waals surface area contributed by atoms with Gasteiger partial charge in [-0.3, -0.25) is 0 Å². The Balaban J connectivity index is 1.67. The Bertz CT molecular complexity index is 501. The first-order chi connectivity index (χ1) is 8.33. The Morgan fingerprint density at radius 1 is 1.53 bits per heavy atom. The molecule has 0 saturated heterocycles. The van der Waals surface area contributed by atoms with Crippen LogP contribution in [0.2, 0.25) is 0 Å². The van der Waals surface area contributed by atoms with Crippen LogP contribution in [0.1, 0.15) is 41.7 Å². The van der Waals surface area contributed by atoms with E-state index in [0.29, 0.717) is 6.04 Å². The summed E-state index contributed by atoms with van der Waals surface area (Å²) in [5.74, 6) is 1.99. The largest absolute Gasteiger partial charge is 0.469 e. The topological polar surface area (TPSA) is 51.2 Å². The summed E-state index contributed by atoms with van der Waals surface area (Å²) >= 11 is 0. The molecule has 0 radical (unpaired) electrons. The summed E-state index contributed by atoms with van der Waals surface area (Å²) in [6.45, 7) is 2.65. The number of nitrogens with zero attached hydrogens (tertiary/aromatic N) is 1. The fourth-order valence-electron chi connectivity index (χ4n) is 2.43. The molecule has 4 heteroatoms. The summed E-state index contributed by atoms with van der Waals surface area (Å²) in [4.78, 5) is 0. The van der Waals surface area contributed by atoms with Crippen molar-refractivity contribution in [3.05, 3.63) is 41.2 Å². The molecular formula is C13H16N2O2. The van der Waals surface area contributed by atoms with Crippen molar-refractivity contribution in [2.75, 3.05) is 0 Å². The Labute approximate surface area is 100.0 Å². The summed E-state index contributed by atoms with van der Waals surface area (Å²) < 4.78 is 10.5. The van der Waals surface area contributed by atoms with Gasteiger partial charge in [-0.1, -0.05) is 5.16 Å². The minimum Gasteiger partial charge on any atom is -0.469 e. The van der Waals surface area contributed by atoms with Gasteiger partial charge in [0.1, 0.15) is 11.5 Å². The van der Waals surface area contributed by atoms with Crippen LogP contribution in [0.3, 0.4) is 0 Å². The van der Waals surface area contributed by atoms with Crippen molar-refractivity contribution in [1.82, 2.24) is 10.5 Å². The van der Waals surface area contributed by atoms with Gasteiger partial charge in [0.25, 0.3) is 0 Å². The first-order valence-electron chi connectivity index (χ1n) is 6.05. The number of nitrogens with one attached hydrogen (secondary N) is 1. The molecule has 2 heterocycles. The van der Waals surface area contributed by atoms with Crippen LogP contribution in [-0.4, -0.2) is 5.16 Å².